The summed E-state index contributed by atoms with van der Waals surface area (Å²) >= 11 is 1.60. The van der Waals surface area contributed by atoms with Gasteiger partial charge in [0.15, 0.2) is 0 Å². The van der Waals surface area contributed by atoms with E-state index < -0.39 is 0 Å². The van der Waals surface area contributed by atoms with Crippen LogP contribution in [0.1, 0.15) is 5.89 Å². The highest BCUT2D eigenvalue weighted by Gasteiger charge is 2.09. The van der Waals surface area contributed by atoms with Gasteiger partial charge in [-0.1, -0.05) is 5.16 Å². The van der Waals surface area contributed by atoms with E-state index in [0.29, 0.717) is 23.9 Å². The Labute approximate surface area is 113 Å². The Bertz CT molecular complexity index is 618. The third kappa shape index (κ3) is 2.52. The molecule has 2 N–H and O–H groups in total. The zero-order valence-corrected chi connectivity index (χ0v) is 10.8. The Morgan fingerprint density at radius 1 is 1.44 bits per heavy atom. The van der Waals surface area contributed by atoms with Gasteiger partial charge in [0.1, 0.15) is 6.54 Å². The number of hydrogen-bond acceptors (Lipinski definition) is 6. The summed E-state index contributed by atoms with van der Waals surface area (Å²) in [5, 5.41) is 11.9. The molecule has 0 spiro atoms. The van der Waals surface area contributed by atoms with Crippen LogP contribution in [0.25, 0.3) is 11.4 Å². The molecule has 0 fully saturated rings. The SMILES string of the molecule is Cl.Nc1cnn(Cc2nc(-c3ccsc3)no2)c1. The normalized spacial score (nSPS) is 10.2. The van der Waals surface area contributed by atoms with Crippen LogP contribution in [0.5, 0.6) is 0 Å². The standard InChI is InChI=1S/C10H9N5OS.ClH/c11-8-3-12-15(4-8)5-9-13-10(14-16-9)7-1-2-17-6-7;/h1-4,6H,5,11H2;1H. The van der Waals surface area contributed by atoms with Crippen LogP contribution in [-0.4, -0.2) is 19.9 Å². The molecule has 3 heterocycles. The summed E-state index contributed by atoms with van der Waals surface area (Å²) in [7, 11) is 0. The number of nitrogens with zero attached hydrogens (tertiary/aromatic N) is 4. The van der Waals surface area contributed by atoms with Gasteiger partial charge >= 0.3 is 0 Å². The van der Waals surface area contributed by atoms with Gasteiger partial charge in [-0.05, 0) is 11.4 Å². The smallest absolute Gasteiger partial charge is 0.248 e. The predicted molar refractivity (Wildman–Crippen MR) is 70.6 cm³/mol. The summed E-state index contributed by atoms with van der Waals surface area (Å²) in [5.74, 6) is 1.11. The number of anilines is 1. The minimum absolute atomic E-state index is 0. The maximum absolute atomic E-state index is 5.57. The molecule has 0 saturated heterocycles. The van der Waals surface area contributed by atoms with E-state index in [-0.39, 0.29) is 12.4 Å². The Balaban J connectivity index is 0.00000120. The van der Waals surface area contributed by atoms with Crippen LogP contribution in [-0.2, 0) is 6.54 Å². The molecule has 0 bridgehead atoms. The minimum Gasteiger partial charge on any atom is -0.396 e. The second-order valence-corrected chi connectivity index (χ2v) is 4.28. The quantitative estimate of drug-likeness (QED) is 0.795. The fourth-order valence-corrected chi connectivity index (χ4v) is 2.07. The molecular weight excluding hydrogens is 274 g/mol. The lowest BCUT2D eigenvalue weighted by atomic mass is 10.3. The van der Waals surface area contributed by atoms with Gasteiger partial charge in [0.25, 0.3) is 0 Å². The van der Waals surface area contributed by atoms with Crippen LogP contribution >= 0.6 is 23.7 Å². The molecule has 0 aliphatic carbocycles. The van der Waals surface area contributed by atoms with Gasteiger partial charge in [0, 0.05) is 17.1 Å². The summed E-state index contributed by atoms with van der Waals surface area (Å²) < 4.78 is 6.80. The molecule has 0 aromatic carbocycles. The van der Waals surface area contributed by atoms with Crippen molar-refractivity contribution in [1.29, 1.82) is 0 Å². The number of thiophene rings is 1. The van der Waals surface area contributed by atoms with Gasteiger partial charge in [0.2, 0.25) is 11.7 Å². The van der Waals surface area contributed by atoms with Crippen molar-refractivity contribution in [1.82, 2.24) is 19.9 Å². The molecule has 0 aliphatic heterocycles. The fourth-order valence-electron chi connectivity index (χ4n) is 1.43. The second kappa shape index (κ2) is 5.19. The van der Waals surface area contributed by atoms with E-state index in [4.69, 9.17) is 10.3 Å². The lowest BCUT2D eigenvalue weighted by Crippen LogP contribution is -2.00. The van der Waals surface area contributed by atoms with E-state index in [0.717, 1.165) is 5.56 Å². The monoisotopic (exact) mass is 283 g/mol. The molecular formula is C10H10ClN5OS. The molecule has 0 radical (unpaired) electrons. The molecule has 3 rings (SSSR count). The van der Waals surface area contributed by atoms with Gasteiger partial charge in [0.05, 0.1) is 11.9 Å². The van der Waals surface area contributed by atoms with E-state index in [1.807, 2.05) is 16.8 Å². The van der Waals surface area contributed by atoms with Crippen molar-refractivity contribution < 1.29 is 4.52 Å². The highest BCUT2D eigenvalue weighted by Crippen LogP contribution is 2.18. The molecule has 0 unspecified atom stereocenters. The van der Waals surface area contributed by atoms with Gasteiger partial charge in [-0.15, -0.1) is 12.4 Å². The van der Waals surface area contributed by atoms with E-state index in [2.05, 4.69) is 15.2 Å². The predicted octanol–water partition coefficient (Wildman–Crippen LogP) is 2.05. The van der Waals surface area contributed by atoms with Crippen LogP contribution in [0, 0.1) is 0 Å². The first-order chi connectivity index (χ1) is 8.31. The number of nitrogen functional groups attached to an aromatic ring is 1. The van der Waals surface area contributed by atoms with Crippen molar-refractivity contribution >= 4 is 29.4 Å². The zero-order valence-electron chi connectivity index (χ0n) is 9.18. The van der Waals surface area contributed by atoms with Crippen molar-refractivity contribution in [3.05, 3.63) is 35.1 Å². The number of nitrogens with two attached hydrogens (primary N) is 1. The lowest BCUT2D eigenvalue weighted by Gasteiger charge is -1.93. The summed E-state index contributed by atoms with van der Waals surface area (Å²) in [4.78, 5) is 4.28. The third-order valence-corrected chi connectivity index (χ3v) is 2.88. The Morgan fingerprint density at radius 3 is 3.00 bits per heavy atom. The fraction of sp³-hybridized carbons (Fsp3) is 0.100. The molecule has 0 saturated carbocycles. The van der Waals surface area contributed by atoms with E-state index >= 15 is 0 Å². The summed E-state index contributed by atoms with van der Waals surface area (Å²) in [5.41, 5.74) is 7.14. The molecule has 6 nitrogen and oxygen atoms in total. The van der Waals surface area contributed by atoms with Gasteiger partial charge in [-0.25, -0.2) is 0 Å². The van der Waals surface area contributed by atoms with E-state index in [1.165, 1.54) is 0 Å². The number of hydrogen-bond donors (Lipinski definition) is 1. The molecule has 18 heavy (non-hydrogen) atoms. The molecule has 0 aliphatic rings. The molecule has 3 aromatic heterocycles. The second-order valence-electron chi connectivity index (χ2n) is 3.49. The van der Waals surface area contributed by atoms with Crippen molar-refractivity contribution in [2.24, 2.45) is 0 Å². The molecule has 94 valence electrons. The van der Waals surface area contributed by atoms with Crippen molar-refractivity contribution in [3.8, 4) is 11.4 Å². The Hall–Kier alpha value is -1.86. The first kappa shape index (κ1) is 12.6. The summed E-state index contributed by atoms with van der Waals surface area (Å²) in [6, 6.07) is 1.95. The maximum Gasteiger partial charge on any atom is 0.248 e. The molecule has 3 aromatic rings. The third-order valence-electron chi connectivity index (χ3n) is 2.20. The van der Waals surface area contributed by atoms with Crippen molar-refractivity contribution in [2.75, 3.05) is 5.73 Å². The van der Waals surface area contributed by atoms with Crippen molar-refractivity contribution in [3.63, 3.8) is 0 Å². The molecule has 8 heteroatoms. The van der Waals surface area contributed by atoms with Crippen LogP contribution in [0.2, 0.25) is 0 Å². The van der Waals surface area contributed by atoms with Gasteiger partial charge < -0.3 is 10.3 Å². The highest BCUT2D eigenvalue weighted by molar-refractivity contribution is 7.08. The van der Waals surface area contributed by atoms with E-state index in [1.54, 1.807) is 28.4 Å². The summed E-state index contributed by atoms with van der Waals surface area (Å²) in [6.07, 6.45) is 3.30. The molecule has 0 atom stereocenters. The maximum atomic E-state index is 5.57. The zero-order chi connectivity index (χ0) is 11.7. The molecule has 0 amide bonds. The van der Waals surface area contributed by atoms with Gasteiger partial charge in [-0.3, -0.25) is 4.68 Å². The van der Waals surface area contributed by atoms with Gasteiger partial charge in [-0.2, -0.15) is 21.4 Å². The number of halogens is 1. The number of rotatable bonds is 3. The Morgan fingerprint density at radius 2 is 2.33 bits per heavy atom. The average molecular weight is 284 g/mol. The minimum atomic E-state index is 0. The first-order valence-corrected chi connectivity index (χ1v) is 5.88. The van der Waals surface area contributed by atoms with Crippen LogP contribution in [0.15, 0.2) is 33.7 Å². The highest BCUT2D eigenvalue weighted by atomic mass is 35.5. The van der Waals surface area contributed by atoms with Crippen LogP contribution < -0.4 is 5.73 Å². The van der Waals surface area contributed by atoms with Crippen molar-refractivity contribution in [2.45, 2.75) is 6.54 Å². The number of aromatic nitrogens is 4. The van der Waals surface area contributed by atoms with Crippen LogP contribution in [0.3, 0.4) is 0 Å². The largest absolute Gasteiger partial charge is 0.396 e. The summed E-state index contributed by atoms with van der Waals surface area (Å²) in [6.45, 7) is 0.425. The average Bonchev–Trinajstić information content (AvgIpc) is 3.00. The van der Waals surface area contributed by atoms with Crippen LogP contribution in [0.4, 0.5) is 5.69 Å². The van der Waals surface area contributed by atoms with E-state index in [9.17, 15) is 0 Å². The Kier molecular flexibility index (Phi) is 3.63. The lowest BCUT2D eigenvalue weighted by molar-refractivity contribution is 0.366. The first-order valence-electron chi connectivity index (χ1n) is 4.94. The topological polar surface area (TPSA) is 82.8 Å².